The molecule has 1 saturated heterocycles. The quantitative estimate of drug-likeness (QED) is 0.884. The summed E-state index contributed by atoms with van der Waals surface area (Å²) in [6.07, 6.45) is 5.19. The van der Waals surface area contributed by atoms with Crippen molar-refractivity contribution in [1.29, 1.82) is 0 Å². The second kappa shape index (κ2) is 7.39. The third kappa shape index (κ3) is 3.52. The minimum absolute atomic E-state index is 0.00989. The Morgan fingerprint density at radius 2 is 2.15 bits per heavy atom. The van der Waals surface area contributed by atoms with E-state index in [1.54, 1.807) is 23.2 Å². The zero-order valence-corrected chi connectivity index (χ0v) is 15.4. The van der Waals surface area contributed by atoms with Crippen molar-refractivity contribution in [2.24, 2.45) is 5.92 Å². The first-order valence-electron chi connectivity index (χ1n) is 9.46. The molecule has 0 radical (unpaired) electrons. The van der Waals surface area contributed by atoms with Crippen molar-refractivity contribution < 1.29 is 14.3 Å². The van der Waals surface area contributed by atoms with E-state index in [1.807, 2.05) is 13.0 Å². The number of carbonyl (C=O) groups is 2. The van der Waals surface area contributed by atoms with Crippen LogP contribution in [0.1, 0.15) is 30.9 Å². The topological polar surface area (TPSA) is 71.5 Å². The van der Waals surface area contributed by atoms with Gasteiger partial charge in [-0.3, -0.25) is 9.59 Å². The normalized spacial score (nSPS) is 18.5. The summed E-state index contributed by atoms with van der Waals surface area (Å²) >= 11 is 0. The summed E-state index contributed by atoms with van der Waals surface area (Å²) in [7, 11) is 0. The summed E-state index contributed by atoms with van der Waals surface area (Å²) < 4.78 is 5.45. The van der Waals surface area contributed by atoms with E-state index in [2.05, 4.69) is 22.4 Å². The van der Waals surface area contributed by atoms with Gasteiger partial charge in [-0.05, 0) is 61.6 Å². The molecule has 27 heavy (non-hydrogen) atoms. The van der Waals surface area contributed by atoms with Gasteiger partial charge in [0.05, 0.1) is 12.5 Å². The number of carbonyl (C=O) groups excluding carboxylic acids is 2. The van der Waals surface area contributed by atoms with Gasteiger partial charge in [0, 0.05) is 24.8 Å². The van der Waals surface area contributed by atoms with E-state index in [-0.39, 0.29) is 24.2 Å². The molecular weight excluding hydrogens is 342 g/mol. The molecule has 140 valence electrons. The van der Waals surface area contributed by atoms with E-state index in [4.69, 9.17) is 4.74 Å². The fraction of sp³-hybridized carbons (Fsp3) is 0.381. The van der Waals surface area contributed by atoms with Gasteiger partial charge in [0.25, 0.3) is 0 Å². The maximum Gasteiger partial charge on any atom is 0.237 e. The van der Waals surface area contributed by atoms with E-state index in [0.29, 0.717) is 24.7 Å². The van der Waals surface area contributed by atoms with Gasteiger partial charge in [0.1, 0.15) is 5.69 Å². The number of hydrogen-bond donors (Lipinski definition) is 1. The fourth-order valence-corrected chi connectivity index (χ4v) is 3.83. The minimum Gasteiger partial charge on any atom is -0.476 e. The van der Waals surface area contributed by atoms with Gasteiger partial charge in [-0.2, -0.15) is 0 Å². The molecule has 2 amide bonds. The van der Waals surface area contributed by atoms with E-state index >= 15 is 0 Å². The Labute approximate surface area is 158 Å². The molecule has 1 aliphatic heterocycles. The van der Waals surface area contributed by atoms with Gasteiger partial charge < -0.3 is 15.0 Å². The zero-order chi connectivity index (χ0) is 18.8. The molecule has 1 atom stereocenters. The summed E-state index contributed by atoms with van der Waals surface area (Å²) in [5, 5.41) is 2.87. The fourth-order valence-electron chi connectivity index (χ4n) is 3.83. The maximum atomic E-state index is 12.7. The third-order valence-corrected chi connectivity index (χ3v) is 5.20. The first-order valence-corrected chi connectivity index (χ1v) is 9.46. The van der Waals surface area contributed by atoms with Crippen molar-refractivity contribution in [2.45, 2.75) is 32.6 Å². The summed E-state index contributed by atoms with van der Waals surface area (Å²) in [6.45, 7) is 2.73. The maximum absolute atomic E-state index is 12.7. The number of benzene rings is 1. The summed E-state index contributed by atoms with van der Waals surface area (Å²) in [5.41, 5.74) is 4.13. The number of hydrogen-bond acceptors (Lipinski definition) is 4. The van der Waals surface area contributed by atoms with Crippen LogP contribution in [-0.2, 0) is 22.4 Å². The van der Waals surface area contributed by atoms with Crippen molar-refractivity contribution in [3.63, 3.8) is 0 Å². The predicted octanol–water partition coefficient (Wildman–Crippen LogP) is 2.96. The van der Waals surface area contributed by atoms with Crippen LogP contribution in [0.25, 0.3) is 0 Å². The van der Waals surface area contributed by atoms with E-state index < -0.39 is 0 Å². The van der Waals surface area contributed by atoms with Gasteiger partial charge in [-0.1, -0.05) is 6.07 Å². The number of fused-ring (bicyclic) bond motifs is 1. The number of anilines is 2. The first kappa shape index (κ1) is 17.5. The van der Waals surface area contributed by atoms with Gasteiger partial charge in [-0.15, -0.1) is 0 Å². The number of pyridine rings is 1. The standard InChI is InChI=1S/C21H23N3O3/c1-2-27-21-18(7-4-10-22-21)23-20(26)16-12-19(25)24(13-16)17-9-8-14-5-3-6-15(14)11-17/h4,7-11,16H,2-3,5-6,12-13H2,1H3,(H,23,26). The monoisotopic (exact) mass is 365 g/mol. The van der Waals surface area contributed by atoms with Crippen LogP contribution in [0.15, 0.2) is 36.5 Å². The van der Waals surface area contributed by atoms with Crippen LogP contribution in [-0.4, -0.2) is 29.9 Å². The van der Waals surface area contributed by atoms with Crippen molar-refractivity contribution in [3.05, 3.63) is 47.7 Å². The van der Waals surface area contributed by atoms with Crippen LogP contribution in [0.2, 0.25) is 0 Å². The Hall–Kier alpha value is -2.89. The van der Waals surface area contributed by atoms with Crippen LogP contribution in [0.3, 0.4) is 0 Å². The van der Waals surface area contributed by atoms with Crippen LogP contribution in [0, 0.1) is 5.92 Å². The highest BCUT2D eigenvalue weighted by molar-refractivity contribution is 6.03. The lowest BCUT2D eigenvalue weighted by atomic mass is 10.1. The lowest BCUT2D eigenvalue weighted by Gasteiger charge is -2.18. The highest BCUT2D eigenvalue weighted by atomic mass is 16.5. The van der Waals surface area contributed by atoms with Gasteiger partial charge in [0.15, 0.2) is 0 Å². The molecule has 1 fully saturated rings. The van der Waals surface area contributed by atoms with E-state index in [0.717, 1.165) is 18.5 Å². The van der Waals surface area contributed by atoms with E-state index in [1.165, 1.54) is 17.5 Å². The SMILES string of the molecule is CCOc1ncccc1NC(=O)C1CC(=O)N(c2ccc3c(c2)CCC3)C1. The van der Waals surface area contributed by atoms with Crippen LogP contribution in [0.5, 0.6) is 5.88 Å². The molecule has 0 saturated carbocycles. The highest BCUT2D eigenvalue weighted by Crippen LogP contribution is 2.31. The Balaban J connectivity index is 1.47. The third-order valence-electron chi connectivity index (χ3n) is 5.20. The predicted molar refractivity (Wildman–Crippen MR) is 103 cm³/mol. The van der Waals surface area contributed by atoms with Crippen LogP contribution < -0.4 is 15.0 Å². The lowest BCUT2D eigenvalue weighted by molar-refractivity contribution is -0.122. The Morgan fingerprint density at radius 1 is 1.30 bits per heavy atom. The molecule has 1 unspecified atom stereocenters. The Kier molecular flexibility index (Phi) is 4.79. The lowest BCUT2D eigenvalue weighted by Crippen LogP contribution is -2.28. The molecule has 0 bridgehead atoms. The number of ether oxygens (including phenoxy) is 1. The number of nitrogens with one attached hydrogen (secondary N) is 1. The molecule has 1 N–H and O–H groups in total. The summed E-state index contributed by atoms with van der Waals surface area (Å²) in [4.78, 5) is 31.1. The number of rotatable bonds is 5. The number of nitrogens with zero attached hydrogens (tertiary/aromatic N) is 2. The highest BCUT2D eigenvalue weighted by Gasteiger charge is 2.35. The molecule has 0 spiro atoms. The molecule has 6 nitrogen and oxygen atoms in total. The largest absolute Gasteiger partial charge is 0.476 e. The van der Waals surface area contributed by atoms with Gasteiger partial charge in [0.2, 0.25) is 17.7 Å². The molecule has 2 aromatic rings. The number of aryl methyl sites for hydroxylation is 2. The first-order chi connectivity index (χ1) is 13.2. The van der Waals surface area contributed by atoms with Gasteiger partial charge >= 0.3 is 0 Å². The van der Waals surface area contributed by atoms with Crippen LogP contribution >= 0.6 is 0 Å². The molecule has 6 heteroatoms. The molecule has 2 heterocycles. The number of amides is 2. The second-order valence-electron chi connectivity index (χ2n) is 6.99. The molecule has 1 aromatic carbocycles. The van der Waals surface area contributed by atoms with Crippen molar-refractivity contribution in [2.75, 3.05) is 23.4 Å². The molecule has 1 aliphatic carbocycles. The van der Waals surface area contributed by atoms with Crippen molar-refractivity contribution in [1.82, 2.24) is 4.98 Å². The Morgan fingerprint density at radius 3 is 3.00 bits per heavy atom. The van der Waals surface area contributed by atoms with Crippen LogP contribution in [0.4, 0.5) is 11.4 Å². The molecule has 4 rings (SSSR count). The summed E-state index contributed by atoms with van der Waals surface area (Å²) in [5.74, 6) is -0.182. The second-order valence-corrected chi connectivity index (χ2v) is 6.99. The summed E-state index contributed by atoms with van der Waals surface area (Å²) in [6, 6.07) is 9.72. The Bertz CT molecular complexity index is 881. The van der Waals surface area contributed by atoms with E-state index in [9.17, 15) is 9.59 Å². The van der Waals surface area contributed by atoms with Crippen molar-refractivity contribution in [3.8, 4) is 5.88 Å². The van der Waals surface area contributed by atoms with Crippen molar-refractivity contribution >= 4 is 23.2 Å². The molecule has 1 aromatic heterocycles. The number of aromatic nitrogens is 1. The average Bonchev–Trinajstić information content (AvgIpc) is 3.29. The molecule has 2 aliphatic rings. The minimum atomic E-state index is -0.388. The molecular formula is C21H23N3O3. The zero-order valence-electron chi connectivity index (χ0n) is 15.4. The van der Waals surface area contributed by atoms with Gasteiger partial charge in [-0.25, -0.2) is 4.98 Å². The smallest absolute Gasteiger partial charge is 0.237 e. The average molecular weight is 365 g/mol.